The molecule has 1 amide bonds. The molecule has 2 aromatic heterocycles. The average Bonchev–Trinajstić information content (AvgIpc) is 3.00. The molecule has 0 aliphatic carbocycles. The Labute approximate surface area is 107 Å². The number of carboxylic acid groups (broad SMARTS) is 1. The number of rotatable bonds is 4. The van der Waals surface area contributed by atoms with Gasteiger partial charge in [0.15, 0.2) is 0 Å². The summed E-state index contributed by atoms with van der Waals surface area (Å²) < 4.78 is 5.17. The van der Waals surface area contributed by atoms with Crippen LogP contribution in [0.3, 0.4) is 0 Å². The van der Waals surface area contributed by atoms with E-state index in [1.807, 2.05) is 0 Å². The largest absolute Gasteiger partial charge is 0.477 e. The van der Waals surface area contributed by atoms with Gasteiger partial charge in [-0.25, -0.2) is 4.79 Å². The molecule has 2 heterocycles. The Hall–Kier alpha value is -2.08. The van der Waals surface area contributed by atoms with Crippen molar-refractivity contribution in [1.29, 1.82) is 0 Å². The summed E-state index contributed by atoms with van der Waals surface area (Å²) in [6, 6.07) is 6.16. The SMILES string of the molecule is CC(NC(=O)c1ccc(C(=O)O)s1)c1ccco1. The van der Waals surface area contributed by atoms with Crippen LogP contribution in [0, 0.1) is 0 Å². The van der Waals surface area contributed by atoms with E-state index < -0.39 is 5.97 Å². The lowest BCUT2D eigenvalue weighted by molar-refractivity contribution is 0.0702. The number of aromatic carboxylic acids is 1. The molecule has 2 N–H and O–H groups in total. The van der Waals surface area contributed by atoms with E-state index in [-0.39, 0.29) is 16.8 Å². The van der Waals surface area contributed by atoms with Crippen molar-refractivity contribution in [1.82, 2.24) is 5.32 Å². The van der Waals surface area contributed by atoms with Gasteiger partial charge in [-0.1, -0.05) is 0 Å². The van der Waals surface area contributed by atoms with Gasteiger partial charge in [-0.3, -0.25) is 4.79 Å². The van der Waals surface area contributed by atoms with Gasteiger partial charge in [0.05, 0.1) is 17.2 Å². The van der Waals surface area contributed by atoms with Gasteiger partial charge in [-0.15, -0.1) is 11.3 Å². The monoisotopic (exact) mass is 265 g/mol. The molecule has 0 aliphatic heterocycles. The number of amides is 1. The Morgan fingerprint density at radius 1 is 1.33 bits per heavy atom. The molecule has 0 radical (unpaired) electrons. The number of hydrogen-bond acceptors (Lipinski definition) is 4. The van der Waals surface area contributed by atoms with E-state index in [1.165, 1.54) is 18.4 Å². The number of carbonyl (C=O) groups excluding carboxylic acids is 1. The summed E-state index contributed by atoms with van der Waals surface area (Å²) in [5.41, 5.74) is 0. The molecule has 0 saturated carbocycles. The van der Waals surface area contributed by atoms with Gasteiger partial charge < -0.3 is 14.8 Å². The molecule has 5 nitrogen and oxygen atoms in total. The first-order chi connectivity index (χ1) is 8.58. The van der Waals surface area contributed by atoms with Gasteiger partial charge in [0, 0.05) is 0 Å². The van der Waals surface area contributed by atoms with Crippen LogP contribution in [-0.2, 0) is 0 Å². The zero-order chi connectivity index (χ0) is 13.1. The zero-order valence-corrected chi connectivity index (χ0v) is 10.4. The molecule has 2 aromatic rings. The first kappa shape index (κ1) is 12.4. The van der Waals surface area contributed by atoms with Gasteiger partial charge in [0.1, 0.15) is 10.6 Å². The lowest BCUT2D eigenvalue weighted by Gasteiger charge is -2.09. The fraction of sp³-hybridized carbons (Fsp3) is 0.167. The van der Waals surface area contributed by atoms with E-state index in [1.54, 1.807) is 19.1 Å². The Kier molecular flexibility index (Phi) is 3.47. The number of carboxylic acids is 1. The van der Waals surface area contributed by atoms with Crippen LogP contribution < -0.4 is 5.32 Å². The van der Waals surface area contributed by atoms with Crippen molar-refractivity contribution >= 4 is 23.2 Å². The molecule has 0 spiro atoms. The Morgan fingerprint density at radius 3 is 2.61 bits per heavy atom. The molecule has 0 aliphatic rings. The highest BCUT2D eigenvalue weighted by atomic mass is 32.1. The molecule has 1 atom stereocenters. The van der Waals surface area contributed by atoms with Crippen LogP contribution >= 0.6 is 11.3 Å². The van der Waals surface area contributed by atoms with E-state index in [9.17, 15) is 9.59 Å². The normalized spacial score (nSPS) is 12.1. The zero-order valence-electron chi connectivity index (χ0n) is 9.54. The third kappa shape index (κ3) is 2.60. The van der Waals surface area contributed by atoms with Crippen molar-refractivity contribution < 1.29 is 19.1 Å². The number of furan rings is 1. The lowest BCUT2D eigenvalue weighted by atomic mass is 10.2. The highest BCUT2D eigenvalue weighted by molar-refractivity contribution is 7.15. The molecule has 6 heteroatoms. The molecule has 1 unspecified atom stereocenters. The second-order valence-electron chi connectivity index (χ2n) is 3.68. The molecule has 94 valence electrons. The summed E-state index contributed by atoms with van der Waals surface area (Å²) in [6.45, 7) is 1.79. The Bertz CT molecular complexity index is 558. The summed E-state index contributed by atoms with van der Waals surface area (Å²) in [4.78, 5) is 23.1. The maximum atomic E-state index is 11.9. The average molecular weight is 265 g/mol. The molecule has 0 aromatic carbocycles. The standard InChI is InChI=1S/C12H11NO4S/c1-7(8-3-2-6-17-8)13-11(14)9-4-5-10(18-9)12(15)16/h2-7H,1H3,(H,13,14)(H,15,16). The van der Waals surface area contributed by atoms with Crippen molar-refractivity contribution in [2.24, 2.45) is 0 Å². The Balaban J connectivity index is 2.05. The quantitative estimate of drug-likeness (QED) is 0.890. The van der Waals surface area contributed by atoms with Crippen molar-refractivity contribution in [3.63, 3.8) is 0 Å². The highest BCUT2D eigenvalue weighted by Gasteiger charge is 2.16. The summed E-state index contributed by atoms with van der Waals surface area (Å²) >= 11 is 0.946. The van der Waals surface area contributed by atoms with Crippen molar-refractivity contribution in [3.8, 4) is 0 Å². The molecular formula is C12H11NO4S. The topological polar surface area (TPSA) is 79.5 Å². The summed E-state index contributed by atoms with van der Waals surface area (Å²) in [5, 5.41) is 11.5. The van der Waals surface area contributed by atoms with Crippen LogP contribution in [0.4, 0.5) is 0 Å². The fourth-order valence-electron chi connectivity index (χ4n) is 1.45. The minimum Gasteiger partial charge on any atom is -0.477 e. The second kappa shape index (κ2) is 5.05. The molecule has 2 rings (SSSR count). The van der Waals surface area contributed by atoms with Crippen molar-refractivity contribution in [2.75, 3.05) is 0 Å². The van der Waals surface area contributed by atoms with E-state index in [0.29, 0.717) is 10.6 Å². The van der Waals surface area contributed by atoms with Gasteiger partial charge in [-0.2, -0.15) is 0 Å². The van der Waals surface area contributed by atoms with Gasteiger partial charge in [0.25, 0.3) is 5.91 Å². The summed E-state index contributed by atoms with van der Waals surface area (Å²) in [7, 11) is 0. The summed E-state index contributed by atoms with van der Waals surface area (Å²) in [5.74, 6) is -0.687. The Morgan fingerprint density at radius 2 is 2.06 bits per heavy atom. The van der Waals surface area contributed by atoms with E-state index >= 15 is 0 Å². The van der Waals surface area contributed by atoms with Crippen LogP contribution in [0.25, 0.3) is 0 Å². The van der Waals surface area contributed by atoms with Gasteiger partial charge >= 0.3 is 5.97 Å². The predicted molar refractivity (Wildman–Crippen MR) is 65.9 cm³/mol. The van der Waals surface area contributed by atoms with Crippen molar-refractivity contribution in [2.45, 2.75) is 13.0 Å². The van der Waals surface area contributed by atoms with Crippen LogP contribution in [0.2, 0.25) is 0 Å². The first-order valence-corrected chi connectivity index (χ1v) is 6.07. The predicted octanol–water partition coefficient (Wildman–Crippen LogP) is 2.53. The number of thiophene rings is 1. The van der Waals surface area contributed by atoms with Gasteiger partial charge in [0.2, 0.25) is 0 Å². The lowest BCUT2D eigenvalue weighted by Crippen LogP contribution is -2.25. The first-order valence-electron chi connectivity index (χ1n) is 5.25. The third-order valence-corrected chi connectivity index (χ3v) is 3.43. The minimum atomic E-state index is -1.03. The minimum absolute atomic E-state index is 0.144. The molecule has 0 fully saturated rings. The van der Waals surface area contributed by atoms with Crippen LogP contribution in [0.1, 0.15) is 38.1 Å². The van der Waals surface area contributed by atoms with Crippen LogP contribution in [0.15, 0.2) is 34.9 Å². The van der Waals surface area contributed by atoms with Crippen molar-refractivity contribution in [3.05, 3.63) is 46.0 Å². The number of hydrogen-bond donors (Lipinski definition) is 2. The molecular weight excluding hydrogens is 254 g/mol. The number of nitrogens with one attached hydrogen (secondary N) is 1. The maximum absolute atomic E-state index is 11.9. The van der Waals surface area contributed by atoms with E-state index in [0.717, 1.165) is 11.3 Å². The molecule has 18 heavy (non-hydrogen) atoms. The highest BCUT2D eigenvalue weighted by Crippen LogP contribution is 2.18. The smallest absolute Gasteiger partial charge is 0.345 e. The maximum Gasteiger partial charge on any atom is 0.345 e. The third-order valence-electron chi connectivity index (χ3n) is 2.36. The second-order valence-corrected chi connectivity index (χ2v) is 4.76. The van der Waals surface area contributed by atoms with Gasteiger partial charge in [-0.05, 0) is 31.2 Å². The summed E-state index contributed by atoms with van der Waals surface area (Å²) in [6.07, 6.45) is 1.53. The van der Waals surface area contributed by atoms with Crippen LogP contribution in [0.5, 0.6) is 0 Å². The van der Waals surface area contributed by atoms with E-state index in [2.05, 4.69) is 5.32 Å². The molecule has 0 saturated heterocycles. The molecule has 0 bridgehead atoms. The van der Waals surface area contributed by atoms with E-state index in [4.69, 9.17) is 9.52 Å². The van der Waals surface area contributed by atoms with Crippen LogP contribution in [-0.4, -0.2) is 17.0 Å². The number of carbonyl (C=O) groups is 2. The fourth-order valence-corrected chi connectivity index (χ4v) is 2.20.